The average molecular weight is 313 g/mol. The predicted molar refractivity (Wildman–Crippen MR) is 87.0 cm³/mol. The van der Waals surface area contributed by atoms with Gasteiger partial charge in [0.1, 0.15) is 12.3 Å². The number of hydrogen-bond donors (Lipinski definition) is 1. The lowest BCUT2D eigenvalue weighted by atomic mass is 10.2. The Bertz CT molecular complexity index is 674. The van der Waals surface area contributed by atoms with Gasteiger partial charge in [-0.25, -0.2) is 0 Å². The van der Waals surface area contributed by atoms with Crippen LogP contribution < -0.4 is 10.1 Å². The number of carbonyl (C=O) groups excluding carboxylic acids is 2. The van der Waals surface area contributed by atoms with Gasteiger partial charge in [0.25, 0.3) is 0 Å². The molecule has 6 heteroatoms. The Kier molecular flexibility index (Phi) is 5.68. The number of benzene rings is 1. The highest BCUT2D eigenvalue weighted by Crippen LogP contribution is 2.22. The summed E-state index contributed by atoms with van der Waals surface area (Å²) in [7, 11) is 1.54. The second kappa shape index (κ2) is 7.93. The van der Waals surface area contributed by atoms with E-state index in [1.54, 1.807) is 36.7 Å². The van der Waals surface area contributed by atoms with Crippen LogP contribution in [0.15, 0.2) is 48.8 Å². The molecule has 0 saturated heterocycles. The van der Waals surface area contributed by atoms with E-state index in [9.17, 15) is 9.59 Å². The van der Waals surface area contributed by atoms with E-state index in [4.69, 9.17) is 4.74 Å². The van der Waals surface area contributed by atoms with Gasteiger partial charge in [-0.05, 0) is 23.8 Å². The maximum absolute atomic E-state index is 12.2. The highest BCUT2D eigenvalue weighted by Gasteiger charge is 2.15. The number of ether oxygens (including phenoxy) is 1. The third-order valence-electron chi connectivity index (χ3n) is 3.26. The van der Waals surface area contributed by atoms with Crippen molar-refractivity contribution in [1.29, 1.82) is 0 Å². The Morgan fingerprint density at radius 1 is 1.22 bits per heavy atom. The summed E-state index contributed by atoms with van der Waals surface area (Å²) in [5, 5.41) is 2.76. The minimum Gasteiger partial charge on any atom is -0.495 e. The molecule has 0 radical (unpaired) electrons. The summed E-state index contributed by atoms with van der Waals surface area (Å²) in [5.41, 5.74) is 1.44. The van der Waals surface area contributed by atoms with Crippen LogP contribution in [-0.4, -0.2) is 35.4 Å². The molecule has 0 fully saturated rings. The number of rotatable bonds is 6. The van der Waals surface area contributed by atoms with Crippen molar-refractivity contribution in [2.24, 2.45) is 0 Å². The van der Waals surface area contributed by atoms with Crippen LogP contribution in [0.1, 0.15) is 12.5 Å². The molecule has 2 aromatic rings. The highest BCUT2D eigenvalue weighted by molar-refractivity contribution is 5.95. The molecular formula is C17H19N3O3. The number of aromatic nitrogens is 1. The minimum atomic E-state index is -0.284. The first-order chi connectivity index (χ1) is 11.1. The van der Waals surface area contributed by atoms with Crippen molar-refractivity contribution in [3.63, 3.8) is 0 Å². The van der Waals surface area contributed by atoms with Crippen LogP contribution in [0, 0.1) is 0 Å². The molecule has 0 unspecified atom stereocenters. The molecule has 6 nitrogen and oxygen atoms in total. The molecule has 1 aromatic heterocycles. The SMILES string of the molecule is COc1ccccc1NC(=O)CN(Cc1cccnc1)C(C)=O. The summed E-state index contributed by atoms with van der Waals surface area (Å²) < 4.78 is 5.19. The van der Waals surface area contributed by atoms with Crippen molar-refractivity contribution in [2.75, 3.05) is 19.0 Å². The van der Waals surface area contributed by atoms with Crippen LogP contribution in [0.4, 0.5) is 5.69 Å². The summed E-state index contributed by atoms with van der Waals surface area (Å²) in [6.07, 6.45) is 3.34. The summed E-state index contributed by atoms with van der Waals surface area (Å²) >= 11 is 0. The molecule has 2 rings (SSSR count). The largest absolute Gasteiger partial charge is 0.495 e. The molecule has 0 saturated carbocycles. The number of carbonyl (C=O) groups is 2. The number of pyridine rings is 1. The van der Waals surface area contributed by atoms with Crippen LogP contribution in [0.25, 0.3) is 0 Å². The standard InChI is InChI=1S/C17H19N3O3/c1-13(21)20(11-14-6-5-9-18-10-14)12-17(22)19-15-7-3-4-8-16(15)23-2/h3-10H,11-12H2,1-2H3,(H,19,22). The second-order valence-corrected chi connectivity index (χ2v) is 4.98. The van der Waals surface area contributed by atoms with Gasteiger partial charge < -0.3 is 15.0 Å². The molecule has 0 aliphatic rings. The van der Waals surface area contributed by atoms with Crippen molar-refractivity contribution in [3.05, 3.63) is 54.4 Å². The number of methoxy groups -OCH3 is 1. The Balaban J connectivity index is 2.02. The highest BCUT2D eigenvalue weighted by atomic mass is 16.5. The Morgan fingerprint density at radius 2 is 2.00 bits per heavy atom. The number of nitrogens with zero attached hydrogens (tertiary/aromatic N) is 2. The number of nitrogens with one attached hydrogen (secondary N) is 1. The first kappa shape index (κ1) is 16.5. The molecule has 0 bridgehead atoms. The van der Waals surface area contributed by atoms with Gasteiger partial charge in [-0.15, -0.1) is 0 Å². The number of amides is 2. The predicted octanol–water partition coefficient (Wildman–Crippen LogP) is 2.08. The summed E-state index contributed by atoms with van der Waals surface area (Å²) in [5.74, 6) is 0.111. The molecule has 0 aliphatic heterocycles. The Hall–Kier alpha value is -2.89. The Labute approximate surface area is 135 Å². The van der Waals surface area contributed by atoms with Crippen molar-refractivity contribution in [3.8, 4) is 5.75 Å². The quantitative estimate of drug-likeness (QED) is 0.886. The van der Waals surface area contributed by atoms with E-state index in [1.807, 2.05) is 12.1 Å². The molecule has 23 heavy (non-hydrogen) atoms. The zero-order valence-corrected chi connectivity index (χ0v) is 13.2. The van der Waals surface area contributed by atoms with Gasteiger partial charge in [0, 0.05) is 25.9 Å². The fourth-order valence-electron chi connectivity index (χ4n) is 2.10. The summed E-state index contributed by atoms with van der Waals surface area (Å²) in [4.78, 5) is 29.4. The van der Waals surface area contributed by atoms with Crippen LogP contribution in [0.5, 0.6) is 5.75 Å². The first-order valence-corrected chi connectivity index (χ1v) is 7.17. The van der Waals surface area contributed by atoms with Gasteiger partial charge in [-0.1, -0.05) is 18.2 Å². The van der Waals surface area contributed by atoms with E-state index < -0.39 is 0 Å². The second-order valence-electron chi connectivity index (χ2n) is 4.98. The van der Waals surface area contributed by atoms with E-state index in [-0.39, 0.29) is 18.4 Å². The minimum absolute atomic E-state index is 0.0394. The molecule has 2 amide bonds. The lowest BCUT2D eigenvalue weighted by Crippen LogP contribution is -2.36. The van der Waals surface area contributed by atoms with Gasteiger partial charge >= 0.3 is 0 Å². The van der Waals surface area contributed by atoms with E-state index in [2.05, 4.69) is 10.3 Å². The average Bonchev–Trinajstić information content (AvgIpc) is 2.55. The molecule has 0 spiro atoms. The molecule has 1 heterocycles. The van der Waals surface area contributed by atoms with Crippen molar-refractivity contribution in [1.82, 2.24) is 9.88 Å². The van der Waals surface area contributed by atoms with E-state index in [0.29, 0.717) is 18.0 Å². The lowest BCUT2D eigenvalue weighted by Gasteiger charge is -2.20. The monoisotopic (exact) mass is 313 g/mol. The smallest absolute Gasteiger partial charge is 0.244 e. The lowest BCUT2D eigenvalue weighted by molar-refractivity contribution is -0.133. The van der Waals surface area contributed by atoms with Crippen LogP contribution in [-0.2, 0) is 16.1 Å². The normalized spacial score (nSPS) is 10.0. The van der Waals surface area contributed by atoms with Gasteiger partial charge in [0.05, 0.1) is 12.8 Å². The summed E-state index contributed by atoms with van der Waals surface area (Å²) in [6, 6.07) is 10.8. The number of hydrogen-bond acceptors (Lipinski definition) is 4. The number of anilines is 1. The third kappa shape index (κ3) is 4.81. The van der Waals surface area contributed by atoms with Gasteiger partial charge in [-0.3, -0.25) is 14.6 Å². The zero-order chi connectivity index (χ0) is 16.7. The van der Waals surface area contributed by atoms with E-state index in [0.717, 1.165) is 5.56 Å². The van der Waals surface area contributed by atoms with Crippen LogP contribution >= 0.6 is 0 Å². The maximum atomic E-state index is 12.2. The van der Waals surface area contributed by atoms with Crippen LogP contribution in [0.2, 0.25) is 0 Å². The fourth-order valence-corrected chi connectivity index (χ4v) is 2.10. The Morgan fingerprint density at radius 3 is 2.65 bits per heavy atom. The van der Waals surface area contributed by atoms with Gasteiger partial charge in [-0.2, -0.15) is 0 Å². The zero-order valence-electron chi connectivity index (χ0n) is 13.2. The van der Waals surface area contributed by atoms with Crippen molar-refractivity contribution in [2.45, 2.75) is 13.5 Å². The maximum Gasteiger partial charge on any atom is 0.244 e. The molecule has 120 valence electrons. The van der Waals surface area contributed by atoms with Gasteiger partial charge in [0.2, 0.25) is 11.8 Å². The fraction of sp³-hybridized carbons (Fsp3) is 0.235. The van der Waals surface area contributed by atoms with Crippen LogP contribution in [0.3, 0.4) is 0 Å². The van der Waals surface area contributed by atoms with Crippen molar-refractivity contribution < 1.29 is 14.3 Å². The van der Waals surface area contributed by atoms with Gasteiger partial charge in [0.15, 0.2) is 0 Å². The first-order valence-electron chi connectivity index (χ1n) is 7.17. The van der Waals surface area contributed by atoms with E-state index >= 15 is 0 Å². The molecule has 0 aliphatic carbocycles. The molecule has 1 aromatic carbocycles. The van der Waals surface area contributed by atoms with E-state index in [1.165, 1.54) is 18.9 Å². The topological polar surface area (TPSA) is 71.5 Å². The molecule has 0 atom stereocenters. The molecule has 1 N–H and O–H groups in total. The third-order valence-corrected chi connectivity index (χ3v) is 3.26. The summed E-state index contributed by atoms with van der Waals surface area (Å²) in [6.45, 7) is 1.73. The number of para-hydroxylation sites is 2. The van der Waals surface area contributed by atoms with Crippen molar-refractivity contribution >= 4 is 17.5 Å². The molecular weight excluding hydrogens is 294 g/mol.